The molecule has 0 aliphatic heterocycles. The molecule has 1 amide bonds. The average molecular weight is 606 g/mol. The molecule has 0 radical (unpaired) electrons. The van der Waals surface area contributed by atoms with Gasteiger partial charge < -0.3 is 19.5 Å². The lowest BCUT2D eigenvalue weighted by Crippen LogP contribution is -2.40. The largest absolute Gasteiger partial charge is 0.466 e. The topological polar surface area (TPSA) is 80.6 Å². The Morgan fingerprint density at radius 1 is 1.00 bits per heavy atom. The number of likely N-dealkylation sites (N-methyl/N-ethyl adjacent to an activating group) is 1. The van der Waals surface area contributed by atoms with Gasteiger partial charge in [0.1, 0.15) is 11.9 Å². The molecule has 1 unspecified atom stereocenters. The molecule has 2 aromatic carbocycles. The summed E-state index contributed by atoms with van der Waals surface area (Å²) in [6.07, 6.45) is 2.63. The first-order chi connectivity index (χ1) is 20.7. The van der Waals surface area contributed by atoms with E-state index in [1.165, 1.54) is 4.57 Å². The van der Waals surface area contributed by atoms with Gasteiger partial charge in [-0.05, 0) is 119 Å². The van der Waals surface area contributed by atoms with Crippen molar-refractivity contribution in [2.75, 3.05) is 27.2 Å². The van der Waals surface area contributed by atoms with E-state index in [0.717, 1.165) is 46.3 Å². The Morgan fingerprint density at radius 3 is 2.25 bits per heavy atom. The van der Waals surface area contributed by atoms with Crippen LogP contribution in [0, 0.1) is 39.4 Å². The zero-order valence-electron chi connectivity index (χ0n) is 27.7. The van der Waals surface area contributed by atoms with Crippen LogP contribution in [-0.4, -0.2) is 48.6 Å². The Kier molecular flexibility index (Phi) is 12.1. The van der Waals surface area contributed by atoms with Gasteiger partial charge in [-0.15, -0.1) is 0 Å². The van der Waals surface area contributed by atoms with E-state index in [9.17, 15) is 14.4 Å². The van der Waals surface area contributed by atoms with Crippen molar-refractivity contribution in [2.45, 2.75) is 79.8 Å². The van der Waals surface area contributed by atoms with Crippen LogP contribution in [0.1, 0.15) is 79.1 Å². The van der Waals surface area contributed by atoms with E-state index in [1.54, 1.807) is 38.2 Å². The third kappa shape index (κ3) is 8.65. The highest BCUT2D eigenvalue weighted by molar-refractivity contribution is 5.82. The minimum Gasteiger partial charge on any atom is -0.466 e. The van der Waals surface area contributed by atoms with E-state index in [0.29, 0.717) is 12.0 Å². The number of benzene rings is 2. The lowest BCUT2D eigenvalue weighted by molar-refractivity contribution is -0.144. The highest BCUT2D eigenvalue weighted by Crippen LogP contribution is 2.34. The Hall–Kier alpha value is -3.78. The Bertz CT molecular complexity index is 1520. The normalized spacial score (nSPS) is 12.8. The van der Waals surface area contributed by atoms with Crippen LogP contribution in [-0.2, 0) is 20.7 Å². The van der Waals surface area contributed by atoms with Gasteiger partial charge in [-0.1, -0.05) is 32.0 Å². The third-order valence-electron chi connectivity index (χ3n) is 7.98. The molecular formula is C36H48FN3O4. The number of aryl methyl sites for hydroxylation is 4. The molecule has 0 aliphatic carbocycles. The lowest BCUT2D eigenvalue weighted by Gasteiger charge is -2.27. The molecule has 0 aliphatic rings. The number of hydrogen-bond donors (Lipinski definition) is 1. The van der Waals surface area contributed by atoms with E-state index in [-0.39, 0.29) is 30.1 Å². The molecule has 44 heavy (non-hydrogen) atoms. The number of carbonyl (C=O) groups is 2. The summed E-state index contributed by atoms with van der Waals surface area (Å²) in [5.41, 5.74) is 6.03. The maximum atomic E-state index is 15.9. The molecule has 0 saturated carbocycles. The number of carbonyl (C=O) groups excluding carboxylic acids is 2. The predicted octanol–water partition coefficient (Wildman–Crippen LogP) is 6.39. The monoisotopic (exact) mass is 605 g/mol. The molecular weight excluding hydrogens is 557 g/mol. The van der Waals surface area contributed by atoms with Crippen LogP contribution < -0.4 is 10.9 Å². The van der Waals surface area contributed by atoms with E-state index >= 15 is 4.39 Å². The van der Waals surface area contributed by atoms with Gasteiger partial charge in [0, 0.05) is 24.4 Å². The van der Waals surface area contributed by atoms with Gasteiger partial charge in [0.05, 0.1) is 19.1 Å². The summed E-state index contributed by atoms with van der Waals surface area (Å²) < 4.78 is 22.6. The fraction of sp³-hybridized carbons (Fsp3) is 0.472. The van der Waals surface area contributed by atoms with Gasteiger partial charge >= 0.3 is 5.97 Å². The first-order valence-electron chi connectivity index (χ1n) is 15.4. The fourth-order valence-corrected chi connectivity index (χ4v) is 5.69. The number of hydrogen-bond acceptors (Lipinski definition) is 5. The number of pyridine rings is 1. The van der Waals surface area contributed by atoms with Crippen LogP contribution in [0.2, 0.25) is 0 Å². The molecule has 7 nitrogen and oxygen atoms in total. The van der Waals surface area contributed by atoms with Crippen molar-refractivity contribution < 1.29 is 18.7 Å². The van der Waals surface area contributed by atoms with Gasteiger partial charge in [0.2, 0.25) is 5.91 Å². The summed E-state index contributed by atoms with van der Waals surface area (Å²) in [5, 5.41) is 2.97. The number of halogens is 1. The van der Waals surface area contributed by atoms with Crippen molar-refractivity contribution in [3.8, 4) is 11.1 Å². The van der Waals surface area contributed by atoms with Gasteiger partial charge in [0.25, 0.3) is 5.56 Å². The van der Waals surface area contributed by atoms with Crippen LogP contribution in [0.4, 0.5) is 4.39 Å². The standard InChI is InChI=1S/C36H48FN3O4/c1-10-44-33(42)20-30(29-19-28(17-26(7)35(29)37)34-23(4)12-11-13-24(34)5)38-36(43)31(16-22(2)3)40-21-27(14-15-39(8)9)25(6)18-32(40)41/h11-13,17-19,21-22,30-31H,10,14-16,20H2,1-9H3,(H,38,43)/t30-,31?/m0/s1. The van der Waals surface area contributed by atoms with E-state index in [1.807, 2.05) is 66.9 Å². The Balaban J connectivity index is 2.12. The molecule has 1 aromatic heterocycles. The van der Waals surface area contributed by atoms with Crippen LogP contribution >= 0.6 is 0 Å². The number of esters is 1. The number of aromatic nitrogens is 1. The first kappa shape index (κ1) is 34.7. The summed E-state index contributed by atoms with van der Waals surface area (Å²) in [5.74, 6) is -1.41. The quantitative estimate of drug-likeness (QED) is 0.229. The predicted molar refractivity (Wildman–Crippen MR) is 174 cm³/mol. The molecule has 0 saturated heterocycles. The fourth-order valence-electron chi connectivity index (χ4n) is 5.69. The van der Waals surface area contributed by atoms with E-state index < -0.39 is 29.8 Å². The molecule has 238 valence electrons. The zero-order chi connectivity index (χ0) is 32.7. The number of ether oxygens (including phenoxy) is 1. The van der Waals surface area contributed by atoms with Gasteiger partial charge in [-0.3, -0.25) is 14.4 Å². The summed E-state index contributed by atoms with van der Waals surface area (Å²) in [7, 11) is 3.97. The Morgan fingerprint density at radius 2 is 1.66 bits per heavy atom. The minimum absolute atomic E-state index is 0.0824. The maximum absolute atomic E-state index is 15.9. The highest BCUT2D eigenvalue weighted by atomic mass is 19.1. The molecule has 0 fully saturated rings. The molecule has 8 heteroatoms. The highest BCUT2D eigenvalue weighted by Gasteiger charge is 2.30. The summed E-state index contributed by atoms with van der Waals surface area (Å²) in [6, 6.07) is 9.20. The van der Waals surface area contributed by atoms with Crippen LogP contribution in [0.5, 0.6) is 0 Å². The average Bonchev–Trinajstić information content (AvgIpc) is 2.92. The van der Waals surface area contributed by atoms with Crippen molar-refractivity contribution >= 4 is 11.9 Å². The number of rotatable bonds is 13. The lowest BCUT2D eigenvalue weighted by atomic mass is 9.90. The number of nitrogens with zero attached hydrogens (tertiary/aromatic N) is 2. The van der Waals surface area contributed by atoms with Crippen LogP contribution in [0.15, 0.2) is 47.4 Å². The second-order valence-corrected chi connectivity index (χ2v) is 12.5. The molecule has 0 spiro atoms. The molecule has 1 N–H and O–H groups in total. The van der Waals surface area contributed by atoms with Gasteiger partial charge in [-0.2, -0.15) is 0 Å². The third-order valence-corrected chi connectivity index (χ3v) is 7.98. The smallest absolute Gasteiger partial charge is 0.308 e. The molecule has 3 rings (SSSR count). The van der Waals surface area contributed by atoms with Crippen molar-refractivity contribution in [1.82, 2.24) is 14.8 Å². The summed E-state index contributed by atoms with van der Waals surface area (Å²) >= 11 is 0. The molecule has 0 bridgehead atoms. The number of amides is 1. The van der Waals surface area contributed by atoms with E-state index in [4.69, 9.17) is 4.74 Å². The molecule has 1 heterocycles. The maximum Gasteiger partial charge on any atom is 0.308 e. The first-order valence-corrected chi connectivity index (χ1v) is 15.4. The zero-order valence-corrected chi connectivity index (χ0v) is 27.7. The SMILES string of the molecule is CCOC(=O)C[C@H](NC(=O)C(CC(C)C)n1cc(CCN(C)C)c(C)cc1=O)c1cc(-c2c(C)cccc2C)cc(C)c1F. The van der Waals surface area contributed by atoms with Crippen LogP contribution in [0.3, 0.4) is 0 Å². The van der Waals surface area contributed by atoms with Crippen molar-refractivity contribution in [3.05, 3.63) is 92.1 Å². The van der Waals surface area contributed by atoms with Crippen molar-refractivity contribution in [1.29, 1.82) is 0 Å². The second-order valence-electron chi connectivity index (χ2n) is 12.5. The van der Waals surface area contributed by atoms with Crippen LogP contribution in [0.25, 0.3) is 11.1 Å². The summed E-state index contributed by atoms with van der Waals surface area (Å²) in [4.78, 5) is 42.3. The van der Waals surface area contributed by atoms with Gasteiger partial charge in [-0.25, -0.2) is 4.39 Å². The van der Waals surface area contributed by atoms with E-state index in [2.05, 4.69) is 10.2 Å². The van der Waals surface area contributed by atoms with Crippen molar-refractivity contribution in [3.63, 3.8) is 0 Å². The summed E-state index contributed by atoms with van der Waals surface area (Å²) in [6.45, 7) is 14.2. The second kappa shape index (κ2) is 15.3. The number of nitrogens with one attached hydrogen (secondary N) is 1. The molecule has 2 atom stereocenters. The Labute approximate surface area is 261 Å². The van der Waals surface area contributed by atoms with Gasteiger partial charge in [0.15, 0.2) is 0 Å². The van der Waals surface area contributed by atoms with Crippen molar-refractivity contribution in [2.24, 2.45) is 5.92 Å². The minimum atomic E-state index is -1.01. The molecule has 3 aromatic rings.